The first-order chi connectivity index (χ1) is 18.7. The second-order valence-electron chi connectivity index (χ2n) is 9.75. The molecule has 1 aromatic carbocycles. The van der Waals surface area contributed by atoms with Crippen LogP contribution in [0.1, 0.15) is 58.4 Å². The number of hydrogen-bond acceptors (Lipinski definition) is 8. The van der Waals surface area contributed by atoms with Gasteiger partial charge in [0, 0.05) is 38.1 Å². The lowest BCUT2D eigenvalue weighted by Crippen LogP contribution is -2.55. The normalized spacial score (nSPS) is 19.0. The first-order valence-corrected chi connectivity index (χ1v) is 14.6. The van der Waals surface area contributed by atoms with Crippen LogP contribution in [-0.2, 0) is 20.9 Å². The summed E-state index contributed by atoms with van der Waals surface area (Å²) in [6, 6.07) is 2.69. The van der Waals surface area contributed by atoms with Crippen molar-refractivity contribution in [3.05, 3.63) is 32.9 Å². The van der Waals surface area contributed by atoms with E-state index in [1.54, 1.807) is 23.1 Å². The number of ether oxygens (including phenoxy) is 3. The smallest absolute Gasteiger partial charge is 0.247 e. The predicted octanol–water partition coefficient (Wildman–Crippen LogP) is 2.54. The van der Waals surface area contributed by atoms with Crippen molar-refractivity contribution in [2.75, 3.05) is 33.4 Å². The lowest BCUT2D eigenvalue weighted by atomic mass is 9.87. The zero-order valence-electron chi connectivity index (χ0n) is 23.3. The van der Waals surface area contributed by atoms with E-state index in [1.165, 1.54) is 7.11 Å². The van der Waals surface area contributed by atoms with E-state index >= 15 is 0 Å². The number of hydrogen-bond donors (Lipinski definition) is 4. The molecule has 0 heterocycles. The topological polar surface area (TPSA) is 138 Å². The highest BCUT2D eigenvalue weighted by molar-refractivity contribution is 14.1. The van der Waals surface area contributed by atoms with Crippen molar-refractivity contribution < 1.29 is 39.1 Å². The highest BCUT2D eigenvalue weighted by Crippen LogP contribution is 2.37. The number of aliphatic hydroxyl groups is 3. The second-order valence-corrected chi connectivity index (χ2v) is 10.9. The monoisotopic (exact) mass is 662 g/mol. The van der Waals surface area contributed by atoms with Crippen molar-refractivity contribution in [3.8, 4) is 11.5 Å². The lowest BCUT2D eigenvalue weighted by Gasteiger charge is -2.41. The number of benzene rings is 1. The van der Waals surface area contributed by atoms with Crippen molar-refractivity contribution in [1.82, 2.24) is 10.2 Å². The average Bonchev–Trinajstić information content (AvgIpc) is 2.92. The number of unbranched alkanes of at least 4 members (excludes halogenated alkanes) is 1. The molecule has 4 N–H and O–H groups in total. The van der Waals surface area contributed by atoms with E-state index in [2.05, 4.69) is 27.9 Å². The fourth-order valence-corrected chi connectivity index (χ4v) is 5.19. The molecule has 2 rings (SSSR count). The number of methoxy groups -OCH3 is 1. The number of amides is 2. The van der Waals surface area contributed by atoms with Gasteiger partial charge in [-0.3, -0.25) is 9.59 Å². The zero-order valence-corrected chi connectivity index (χ0v) is 25.5. The molecule has 0 saturated heterocycles. The highest BCUT2D eigenvalue weighted by Gasteiger charge is 2.40. The summed E-state index contributed by atoms with van der Waals surface area (Å²) in [5.41, 5.74) is 0.998. The fraction of sp³-hybridized carbons (Fsp3) is 0.643. The maximum Gasteiger partial charge on any atom is 0.247 e. The maximum absolute atomic E-state index is 13.3. The highest BCUT2D eigenvalue weighted by atomic mass is 127. The van der Waals surface area contributed by atoms with Gasteiger partial charge in [-0.25, -0.2) is 0 Å². The van der Waals surface area contributed by atoms with Crippen molar-refractivity contribution in [1.29, 1.82) is 0 Å². The Bertz CT molecular complexity index is 971. The number of aliphatic hydroxyl groups excluding tert-OH is 3. The molecule has 3 atom stereocenters. The Morgan fingerprint density at radius 1 is 1.23 bits per heavy atom. The van der Waals surface area contributed by atoms with E-state index < -0.39 is 24.2 Å². The molecule has 0 saturated carbocycles. The van der Waals surface area contributed by atoms with Gasteiger partial charge in [0.2, 0.25) is 11.8 Å². The molecule has 0 unspecified atom stereocenters. The van der Waals surface area contributed by atoms with Crippen LogP contribution in [-0.4, -0.2) is 89.8 Å². The van der Waals surface area contributed by atoms with Crippen LogP contribution < -0.4 is 14.8 Å². The average molecular weight is 663 g/mol. The van der Waals surface area contributed by atoms with Gasteiger partial charge in [-0.1, -0.05) is 13.3 Å². The molecular weight excluding hydrogens is 619 g/mol. The van der Waals surface area contributed by atoms with Crippen LogP contribution in [0.25, 0.3) is 0 Å². The van der Waals surface area contributed by atoms with E-state index in [4.69, 9.17) is 14.2 Å². The van der Waals surface area contributed by atoms with Gasteiger partial charge in [-0.05, 0) is 73.1 Å². The van der Waals surface area contributed by atoms with Gasteiger partial charge in [0.15, 0.2) is 11.5 Å². The third-order valence-corrected chi connectivity index (χ3v) is 7.20. The Balaban J connectivity index is 2.44. The van der Waals surface area contributed by atoms with E-state index in [-0.39, 0.29) is 38.2 Å². The Kier molecular flexibility index (Phi) is 14.5. The van der Waals surface area contributed by atoms with E-state index in [1.807, 2.05) is 20.8 Å². The zero-order chi connectivity index (χ0) is 28.9. The van der Waals surface area contributed by atoms with Crippen LogP contribution in [0.5, 0.6) is 11.5 Å². The van der Waals surface area contributed by atoms with Gasteiger partial charge in [0.1, 0.15) is 12.2 Å². The maximum atomic E-state index is 13.3. The molecule has 0 aliphatic heterocycles. The third-order valence-electron chi connectivity index (χ3n) is 6.40. The van der Waals surface area contributed by atoms with Crippen molar-refractivity contribution in [2.24, 2.45) is 0 Å². The van der Waals surface area contributed by atoms with Crippen LogP contribution >= 0.6 is 22.6 Å². The van der Waals surface area contributed by atoms with E-state index in [9.17, 15) is 24.9 Å². The summed E-state index contributed by atoms with van der Waals surface area (Å²) in [4.78, 5) is 28.0. The Morgan fingerprint density at radius 2 is 1.97 bits per heavy atom. The van der Waals surface area contributed by atoms with Gasteiger partial charge < -0.3 is 39.7 Å². The molecule has 0 spiro atoms. The van der Waals surface area contributed by atoms with E-state index in [0.29, 0.717) is 58.6 Å². The number of halogens is 1. The van der Waals surface area contributed by atoms with Gasteiger partial charge in [-0.2, -0.15) is 0 Å². The summed E-state index contributed by atoms with van der Waals surface area (Å²) in [6.45, 7) is 6.42. The Labute approximate surface area is 244 Å². The van der Waals surface area contributed by atoms with Crippen molar-refractivity contribution in [2.45, 2.75) is 83.8 Å². The molecule has 0 fully saturated rings. The minimum absolute atomic E-state index is 0.0618. The van der Waals surface area contributed by atoms with E-state index in [0.717, 1.165) is 6.42 Å². The fourth-order valence-electron chi connectivity index (χ4n) is 4.40. The molecule has 1 aliphatic carbocycles. The summed E-state index contributed by atoms with van der Waals surface area (Å²) in [5, 5.41) is 33.0. The summed E-state index contributed by atoms with van der Waals surface area (Å²) in [7, 11) is 1.48. The molecule has 1 aromatic rings. The molecule has 2 amide bonds. The Morgan fingerprint density at radius 3 is 2.59 bits per heavy atom. The van der Waals surface area contributed by atoms with Crippen LogP contribution in [0, 0.1) is 3.57 Å². The van der Waals surface area contributed by atoms with Gasteiger partial charge in [0.25, 0.3) is 0 Å². The summed E-state index contributed by atoms with van der Waals surface area (Å²) in [5.74, 6) is 0.249. The quantitative estimate of drug-likeness (QED) is 0.157. The van der Waals surface area contributed by atoms with Crippen molar-refractivity contribution >= 4 is 34.4 Å². The summed E-state index contributed by atoms with van der Waals surface area (Å²) < 4.78 is 18.1. The Hall–Kier alpha value is -1.93. The molecule has 0 radical (unpaired) electrons. The number of rotatable bonds is 16. The molecule has 1 aliphatic rings. The number of nitrogens with one attached hydrogen (secondary N) is 1. The third kappa shape index (κ3) is 9.89. The molecule has 11 heteroatoms. The molecule has 0 aromatic heterocycles. The minimum Gasteiger partial charge on any atom is -0.493 e. The molecule has 0 bridgehead atoms. The van der Waals surface area contributed by atoms with Gasteiger partial charge >= 0.3 is 0 Å². The largest absolute Gasteiger partial charge is 0.493 e. The lowest BCUT2D eigenvalue weighted by molar-refractivity contribution is -0.139. The first kappa shape index (κ1) is 33.3. The van der Waals surface area contributed by atoms with Gasteiger partial charge in [0.05, 0.1) is 36.0 Å². The van der Waals surface area contributed by atoms with Crippen LogP contribution in [0.4, 0.5) is 0 Å². The SMILES string of the molecule is CCCCC(=O)N(CCCOC(C)C)[C@@H]1CC(C(=O)NCCO)=C[C@H](Oc2c(I)cc(CO)cc2OC)[C@H]1O. The van der Waals surface area contributed by atoms with Crippen LogP contribution in [0.15, 0.2) is 23.8 Å². The van der Waals surface area contributed by atoms with Gasteiger partial charge in [-0.15, -0.1) is 0 Å². The number of nitrogens with zero attached hydrogens (tertiary/aromatic N) is 1. The molecule has 39 heavy (non-hydrogen) atoms. The number of carbonyl (C=O) groups is 2. The van der Waals surface area contributed by atoms with Crippen LogP contribution in [0.3, 0.4) is 0 Å². The second kappa shape index (κ2) is 17.0. The summed E-state index contributed by atoms with van der Waals surface area (Å²) >= 11 is 2.07. The minimum atomic E-state index is -1.13. The first-order valence-electron chi connectivity index (χ1n) is 13.5. The predicted molar refractivity (Wildman–Crippen MR) is 156 cm³/mol. The number of carbonyl (C=O) groups excluding carboxylic acids is 2. The van der Waals surface area contributed by atoms with Crippen LogP contribution in [0.2, 0.25) is 0 Å². The molecule has 10 nitrogen and oxygen atoms in total. The molecular formula is C28H43IN2O8. The summed E-state index contributed by atoms with van der Waals surface area (Å²) in [6.07, 6.45) is 2.15. The molecule has 220 valence electrons. The van der Waals surface area contributed by atoms with Crippen molar-refractivity contribution in [3.63, 3.8) is 0 Å². The standard InChI is InChI=1S/C28H43IN2O8/c1-5-6-8-25(34)31(10-7-12-38-18(2)3)22-15-20(28(36)30-9-11-32)16-23(26(22)35)39-27-21(29)13-19(17-33)14-24(27)37-4/h13-14,16,18,22-23,26,32-33,35H,5-12,15,17H2,1-4H3,(H,30,36)/t22-,23+,26+/m1/s1.